The number of nitrogens with two attached hydrogens (primary N) is 1. The number of methoxy groups -OCH3 is 1. The number of amides is 1. The van der Waals surface area contributed by atoms with Crippen LogP contribution in [-0.2, 0) is 4.74 Å². The minimum atomic E-state index is -1.25. The number of rotatable bonds is 5. The van der Waals surface area contributed by atoms with Crippen LogP contribution in [0.5, 0.6) is 0 Å². The maximum atomic E-state index is 14.7. The summed E-state index contributed by atoms with van der Waals surface area (Å²) in [6, 6.07) is 4.49. The highest BCUT2D eigenvalue weighted by Crippen LogP contribution is 2.31. The maximum absolute atomic E-state index is 14.7. The Morgan fingerprint density at radius 3 is 2.49 bits per heavy atom. The van der Waals surface area contributed by atoms with Crippen LogP contribution in [0.15, 0.2) is 42.7 Å². The summed E-state index contributed by atoms with van der Waals surface area (Å²) in [6.07, 6.45) is 2.27. The molecule has 1 aliphatic rings. The van der Waals surface area contributed by atoms with E-state index in [-0.39, 0.29) is 11.6 Å². The first-order valence-corrected chi connectivity index (χ1v) is 11.3. The van der Waals surface area contributed by atoms with Gasteiger partial charge in [-0.2, -0.15) is 0 Å². The minimum Gasteiger partial charge on any atom is -0.465 e. The summed E-state index contributed by atoms with van der Waals surface area (Å²) in [6.45, 7) is 2.66. The zero-order chi connectivity index (χ0) is 26.9. The molecule has 0 bridgehead atoms. The highest BCUT2D eigenvalue weighted by molar-refractivity contribution is 6.05. The van der Waals surface area contributed by atoms with Crippen molar-refractivity contribution < 1.29 is 32.6 Å². The van der Waals surface area contributed by atoms with Crippen molar-refractivity contribution in [3.8, 4) is 11.3 Å². The molecule has 12 heteroatoms. The molecule has 4 N–H and O–H groups in total. The largest absolute Gasteiger partial charge is 0.465 e. The van der Waals surface area contributed by atoms with Crippen LogP contribution in [-0.4, -0.2) is 59.3 Å². The minimum absolute atomic E-state index is 0.128. The van der Waals surface area contributed by atoms with Crippen LogP contribution in [0.4, 0.5) is 24.5 Å². The van der Waals surface area contributed by atoms with E-state index in [0.29, 0.717) is 36.6 Å². The molecule has 0 radical (unpaired) electrons. The lowest BCUT2D eigenvalue weighted by atomic mass is 9.92. The molecule has 1 saturated heterocycles. The van der Waals surface area contributed by atoms with Gasteiger partial charge in [0.1, 0.15) is 28.8 Å². The van der Waals surface area contributed by atoms with Gasteiger partial charge in [0.15, 0.2) is 0 Å². The first-order valence-electron chi connectivity index (χ1n) is 11.3. The second-order valence-electron chi connectivity index (χ2n) is 8.72. The molecule has 3 heterocycles. The topological polar surface area (TPSA) is 131 Å². The molecule has 0 aliphatic carbocycles. The van der Waals surface area contributed by atoms with Crippen molar-refractivity contribution in [1.29, 1.82) is 0 Å². The quantitative estimate of drug-likeness (QED) is 0.442. The third-order valence-electron chi connectivity index (χ3n) is 6.13. The number of nitrogens with zero attached hydrogens (tertiary/aromatic N) is 3. The number of aromatic nitrogens is 2. The van der Waals surface area contributed by atoms with E-state index in [1.807, 2.05) is 11.8 Å². The van der Waals surface area contributed by atoms with Crippen LogP contribution in [0.25, 0.3) is 11.3 Å². The highest BCUT2D eigenvalue weighted by Gasteiger charge is 2.32. The summed E-state index contributed by atoms with van der Waals surface area (Å²) in [4.78, 5) is 34.4. The first-order chi connectivity index (χ1) is 17.6. The van der Waals surface area contributed by atoms with Crippen LogP contribution < -0.4 is 16.0 Å². The predicted octanol–water partition coefficient (Wildman–Crippen LogP) is 2.74. The Labute approximate surface area is 210 Å². The number of aliphatic hydroxyl groups excluding tert-OH is 1. The molecule has 3 atom stereocenters. The number of nitrogens with one attached hydrogen (secondary N) is 1. The molecular formula is C25H24F3N5O4. The number of aliphatic hydroxyl groups is 1. The van der Waals surface area contributed by atoms with Crippen molar-refractivity contribution in [3.05, 3.63) is 71.4 Å². The van der Waals surface area contributed by atoms with Gasteiger partial charge in [0.25, 0.3) is 5.91 Å². The van der Waals surface area contributed by atoms with E-state index >= 15 is 0 Å². The number of piperidine rings is 1. The monoisotopic (exact) mass is 515 g/mol. The molecule has 0 saturated carbocycles. The number of esters is 1. The van der Waals surface area contributed by atoms with Crippen LogP contribution >= 0.6 is 0 Å². The number of pyridine rings is 2. The Kier molecular flexibility index (Phi) is 7.41. The smallest absolute Gasteiger partial charge is 0.338 e. The third kappa shape index (κ3) is 5.25. The summed E-state index contributed by atoms with van der Waals surface area (Å²) in [5.41, 5.74) is 4.65. The van der Waals surface area contributed by atoms with Crippen molar-refractivity contribution >= 4 is 23.3 Å². The molecule has 1 aromatic carbocycles. The summed E-state index contributed by atoms with van der Waals surface area (Å²) < 4.78 is 48.4. The molecule has 1 amide bonds. The van der Waals surface area contributed by atoms with Crippen molar-refractivity contribution in [2.24, 2.45) is 11.7 Å². The number of benzene rings is 1. The maximum Gasteiger partial charge on any atom is 0.338 e. The van der Waals surface area contributed by atoms with Gasteiger partial charge in [0, 0.05) is 31.2 Å². The normalized spacial score (nSPS) is 19.4. The van der Waals surface area contributed by atoms with E-state index in [4.69, 9.17) is 5.73 Å². The second kappa shape index (κ2) is 10.5. The third-order valence-corrected chi connectivity index (χ3v) is 6.13. The fourth-order valence-electron chi connectivity index (χ4n) is 4.24. The molecule has 194 valence electrons. The number of anilines is 2. The van der Waals surface area contributed by atoms with E-state index < -0.39 is 58.3 Å². The van der Waals surface area contributed by atoms with Gasteiger partial charge in [0.2, 0.25) is 0 Å². The van der Waals surface area contributed by atoms with Crippen LogP contribution in [0, 0.1) is 23.4 Å². The molecule has 4 rings (SSSR count). The highest BCUT2D eigenvalue weighted by atomic mass is 19.1. The predicted molar refractivity (Wildman–Crippen MR) is 128 cm³/mol. The Morgan fingerprint density at radius 2 is 1.84 bits per heavy atom. The average Bonchev–Trinajstić information content (AvgIpc) is 2.87. The number of ether oxygens (including phenoxy) is 1. The van der Waals surface area contributed by atoms with Crippen molar-refractivity contribution in [3.63, 3.8) is 0 Å². The molecule has 2 aromatic heterocycles. The van der Waals surface area contributed by atoms with Crippen LogP contribution in [0.3, 0.4) is 0 Å². The van der Waals surface area contributed by atoms with Crippen LogP contribution in [0.1, 0.15) is 27.8 Å². The summed E-state index contributed by atoms with van der Waals surface area (Å²) >= 11 is 0. The Balaban J connectivity index is 1.64. The fourth-order valence-corrected chi connectivity index (χ4v) is 4.24. The standard InChI is InChI=1S/C25H24F3N5O4/c1-12-10-33(11-17(29)23(12)34)20-5-6-30-9-19(20)32-24(35)18-4-3-14(26)22(31-18)21-15(27)7-13(8-16(21)28)25(36)37-2/h3-9,12,17,23,34H,10-11,29H2,1-2H3,(H,32,35)/t12-,17+,23+/m0/s1. The molecule has 1 aliphatic heterocycles. The van der Waals surface area contributed by atoms with Crippen molar-refractivity contribution in [2.75, 3.05) is 30.4 Å². The number of hydrogen-bond donors (Lipinski definition) is 3. The van der Waals surface area contributed by atoms with Gasteiger partial charge in [-0.3, -0.25) is 9.78 Å². The van der Waals surface area contributed by atoms with E-state index in [1.165, 1.54) is 12.4 Å². The van der Waals surface area contributed by atoms with Gasteiger partial charge in [-0.1, -0.05) is 6.92 Å². The van der Waals surface area contributed by atoms with Crippen molar-refractivity contribution in [1.82, 2.24) is 9.97 Å². The number of carbonyl (C=O) groups excluding carboxylic acids is 2. The van der Waals surface area contributed by atoms with E-state index in [0.717, 1.165) is 19.2 Å². The zero-order valence-corrected chi connectivity index (χ0v) is 19.9. The molecular weight excluding hydrogens is 491 g/mol. The summed E-state index contributed by atoms with van der Waals surface area (Å²) in [5, 5.41) is 12.8. The van der Waals surface area contributed by atoms with Gasteiger partial charge in [-0.15, -0.1) is 0 Å². The van der Waals surface area contributed by atoms with Gasteiger partial charge >= 0.3 is 5.97 Å². The van der Waals surface area contributed by atoms with Gasteiger partial charge < -0.3 is 25.8 Å². The van der Waals surface area contributed by atoms with Crippen molar-refractivity contribution in [2.45, 2.75) is 19.1 Å². The molecule has 9 nitrogen and oxygen atoms in total. The molecule has 1 fully saturated rings. The van der Waals surface area contributed by atoms with E-state index in [1.54, 1.807) is 6.07 Å². The Hall–Kier alpha value is -4.03. The molecule has 3 aromatic rings. The SMILES string of the molecule is COC(=O)c1cc(F)c(-c2nc(C(=O)Nc3cnccc3N3C[C@@H](N)[C@H](O)[C@@H](C)C3)ccc2F)c(F)c1. The van der Waals surface area contributed by atoms with Gasteiger partial charge in [-0.25, -0.2) is 22.9 Å². The summed E-state index contributed by atoms with van der Waals surface area (Å²) in [7, 11) is 1.05. The Morgan fingerprint density at radius 1 is 1.14 bits per heavy atom. The zero-order valence-electron chi connectivity index (χ0n) is 19.9. The average molecular weight is 515 g/mol. The number of halogens is 3. The lowest BCUT2D eigenvalue weighted by molar-refractivity contribution is 0.0599. The van der Waals surface area contributed by atoms with Crippen LogP contribution in [0.2, 0.25) is 0 Å². The fraction of sp³-hybridized carbons (Fsp3) is 0.280. The first kappa shape index (κ1) is 26.0. The van der Waals surface area contributed by atoms with Gasteiger partial charge in [-0.05, 0) is 30.3 Å². The summed E-state index contributed by atoms with van der Waals surface area (Å²) in [5.74, 6) is -5.46. The second-order valence-corrected chi connectivity index (χ2v) is 8.72. The molecule has 0 unspecified atom stereocenters. The Bertz CT molecular complexity index is 1320. The van der Waals surface area contributed by atoms with E-state index in [9.17, 15) is 27.9 Å². The lowest BCUT2D eigenvalue weighted by Crippen LogP contribution is -2.55. The van der Waals surface area contributed by atoms with E-state index in [2.05, 4.69) is 20.0 Å². The lowest BCUT2D eigenvalue weighted by Gasteiger charge is -2.40. The number of carbonyl (C=O) groups is 2. The molecule has 37 heavy (non-hydrogen) atoms. The number of hydrogen-bond acceptors (Lipinski definition) is 8. The van der Waals surface area contributed by atoms with Gasteiger partial charge in [0.05, 0.1) is 41.9 Å². The molecule has 0 spiro atoms.